The van der Waals surface area contributed by atoms with Gasteiger partial charge in [0.05, 0.1) is 18.3 Å². The van der Waals surface area contributed by atoms with Crippen molar-refractivity contribution in [2.45, 2.75) is 51.2 Å². The molecular formula is C15H21N9O2. The van der Waals surface area contributed by atoms with E-state index >= 15 is 0 Å². The molecule has 11 heteroatoms. The van der Waals surface area contributed by atoms with E-state index in [1.54, 1.807) is 11.6 Å². The zero-order valence-electron chi connectivity index (χ0n) is 14.5. The number of fused-ring (bicyclic) bond motifs is 3. The average molecular weight is 359 g/mol. The largest absolute Gasteiger partial charge is 0.346 e. The van der Waals surface area contributed by atoms with Crippen LogP contribution in [0.4, 0.5) is 0 Å². The van der Waals surface area contributed by atoms with Crippen molar-refractivity contribution in [3.8, 4) is 0 Å². The third-order valence-electron chi connectivity index (χ3n) is 5.30. The first-order chi connectivity index (χ1) is 12.6. The van der Waals surface area contributed by atoms with E-state index in [0.29, 0.717) is 30.3 Å². The monoisotopic (exact) mass is 359 g/mol. The number of carbonyl (C=O) groups excluding carboxylic acids is 2. The minimum Gasteiger partial charge on any atom is -0.346 e. The molecule has 3 fully saturated rings. The molecule has 1 saturated carbocycles. The van der Waals surface area contributed by atoms with Crippen LogP contribution in [0.1, 0.15) is 41.9 Å². The van der Waals surface area contributed by atoms with Crippen LogP contribution in [0.3, 0.4) is 0 Å². The molecule has 0 spiro atoms. The lowest BCUT2D eigenvalue weighted by Crippen LogP contribution is -2.62. The Morgan fingerprint density at radius 2 is 2.23 bits per heavy atom. The SMILES string of the molecule is Cc1n[nH]nc1C(=O)NC1CC2CCC1N(C(=O)CCn1cnnn1)C2. The molecule has 2 aliphatic heterocycles. The summed E-state index contributed by atoms with van der Waals surface area (Å²) in [6.45, 7) is 2.95. The zero-order chi connectivity index (χ0) is 18.1. The van der Waals surface area contributed by atoms with Crippen molar-refractivity contribution in [3.63, 3.8) is 0 Å². The van der Waals surface area contributed by atoms with E-state index in [-0.39, 0.29) is 23.9 Å². The van der Waals surface area contributed by atoms with Gasteiger partial charge in [0.2, 0.25) is 5.91 Å². The van der Waals surface area contributed by atoms with Gasteiger partial charge in [-0.3, -0.25) is 9.59 Å². The van der Waals surface area contributed by atoms with E-state index in [2.05, 4.69) is 36.3 Å². The molecule has 5 rings (SSSR count). The lowest BCUT2D eigenvalue weighted by Gasteiger charge is -2.50. The van der Waals surface area contributed by atoms with Crippen LogP contribution in [0.15, 0.2) is 6.33 Å². The predicted octanol–water partition coefficient (Wildman–Crippen LogP) is -0.701. The second-order valence-corrected chi connectivity index (χ2v) is 6.95. The molecule has 2 saturated heterocycles. The third kappa shape index (κ3) is 3.16. The molecule has 1 aliphatic carbocycles. The van der Waals surface area contributed by atoms with Crippen molar-refractivity contribution in [3.05, 3.63) is 17.7 Å². The molecule has 2 aromatic heterocycles. The molecule has 0 aromatic carbocycles. The smallest absolute Gasteiger partial charge is 0.274 e. The molecule has 3 unspecified atom stereocenters. The van der Waals surface area contributed by atoms with Crippen LogP contribution in [-0.2, 0) is 11.3 Å². The van der Waals surface area contributed by atoms with Gasteiger partial charge in [0.15, 0.2) is 5.69 Å². The fourth-order valence-electron chi connectivity index (χ4n) is 4.01. The lowest BCUT2D eigenvalue weighted by atomic mass is 9.76. The third-order valence-corrected chi connectivity index (χ3v) is 5.30. The highest BCUT2D eigenvalue weighted by Gasteiger charge is 2.43. The highest BCUT2D eigenvalue weighted by Crippen LogP contribution is 2.35. The quantitative estimate of drug-likeness (QED) is 0.720. The first-order valence-corrected chi connectivity index (χ1v) is 8.80. The minimum atomic E-state index is -0.241. The maximum absolute atomic E-state index is 12.7. The number of carbonyl (C=O) groups is 2. The normalized spacial score (nSPS) is 24.7. The minimum absolute atomic E-state index is 0.0255. The van der Waals surface area contributed by atoms with E-state index in [1.807, 2.05) is 4.90 Å². The number of amides is 2. The number of nitrogens with one attached hydrogen (secondary N) is 2. The van der Waals surface area contributed by atoms with Crippen molar-refractivity contribution in [2.24, 2.45) is 5.92 Å². The van der Waals surface area contributed by atoms with Crippen LogP contribution < -0.4 is 5.32 Å². The fraction of sp³-hybridized carbons (Fsp3) is 0.667. The summed E-state index contributed by atoms with van der Waals surface area (Å²) in [4.78, 5) is 27.1. The number of piperidine rings is 2. The second-order valence-electron chi connectivity index (χ2n) is 6.95. The highest BCUT2D eigenvalue weighted by atomic mass is 16.2. The van der Waals surface area contributed by atoms with Gasteiger partial charge in [-0.15, -0.1) is 5.10 Å². The van der Waals surface area contributed by atoms with Crippen molar-refractivity contribution in [2.75, 3.05) is 6.54 Å². The average Bonchev–Trinajstić information content (AvgIpc) is 3.31. The first-order valence-electron chi connectivity index (χ1n) is 8.80. The molecule has 3 aliphatic rings. The summed E-state index contributed by atoms with van der Waals surface area (Å²) in [5.74, 6) is 0.252. The maximum Gasteiger partial charge on any atom is 0.274 e. The topological polar surface area (TPSA) is 135 Å². The molecule has 2 bridgehead atoms. The zero-order valence-corrected chi connectivity index (χ0v) is 14.5. The van der Waals surface area contributed by atoms with Gasteiger partial charge in [-0.1, -0.05) is 0 Å². The number of hydrogen-bond donors (Lipinski definition) is 2. The van der Waals surface area contributed by atoms with E-state index < -0.39 is 0 Å². The van der Waals surface area contributed by atoms with Crippen LogP contribution in [-0.4, -0.2) is 71.0 Å². The molecule has 11 nitrogen and oxygen atoms in total. The molecule has 2 aromatic rings. The number of aryl methyl sites for hydroxylation is 2. The Bertz CT molecular complexity index is 787. The Hall–Kier alpha value is -2.85. The Morgan fingerprint density at radius 3 is 2.92 bits per heavy atom. The fourth-order valence-corrected chi connectivity index (χ4v) is 4.01. The van der Waals surface area contributed by atoms with Gasteiger partial charge < -0.3 is 10.2 Å². The molecule has 2 N–H and O–H groups in total. The maximum atomic E-state index is 12.7. The van der Waals surface area contributed by atoms with E-state index in [9.17, 15) is 9.59 Å². The summed E-state index contributed by atoms with van der Waals surface area (Å²) in [6.07, 6.45) is 4.74. The van der Waals surface area contributed by atoms with Crippen molar-refractivity contribution in [1.82, 2.24) is 45.8 Å². The number of nitrogens with zero attached hydrogens (tertiary/aromatic N) is 7. The highest BCUT2D eigenvalue weighted by molar-refractivity contribution is 5.93. The lowest BCUT2D eigenvalue weighted by molar-refractivity contribution is -0.140. The Labute approximate surface area is 149 Å². The van der Waals surface area contributed by atoms with Crippen molar-refractivity contribution < 1.29 is 9.59 Å². The summed E-state index contributed by atoms with van der Waals surface area (Å²) < 4.78 is 1.55. The van der Waals surface area contributed by atoms with Gasteiger partial charge in [-0.25, -0.2) is 4.68 Å². The summed E-state index contributed by atoms with van der Waals surface area (Å²) in [5.41, 5.74) is 0.876. The van der Waals surface area contributed by atoms with Crippen molar-refractivity contribution >= 4 is 11.8 Å². The van der Waals surface area contributed by atoms with Crippen LogP contribution in [0.2, 0.25) is 0 Å². The van der Waals surface area contributed by atoms with Crippen LogP contribution in [0.25, 0.3) is 0 Å². The van der Waals surface area contributed by atoms with Gasteiger partial charge in [0.25, 0.3) is 5.91 Å². The van der Waals surface area contributed by atoms with E-state index in [4.69, 9.17) is 0 Å². The van der Waals surface area contributed by atoms with Gasteiger partial charge in [0, 0.05) is 19.0 Å². The van der Waals surface area contributed by atoms with Crippen molar-refractivity contribution in [1.29, 1.82) is 0 Å². The van der Waals surface area contributed by atoms with E-state index in [1.165, 1.54) is 6.33 Å². The molecule has 4 heterocycles. The van der Waals surface area contributed by atoms with Crippen LogP contribution >= 0.6 is 0 Å². The van der Waals surface area contributed by atoms with Crippen LogP contribution in [0.5, 0.6) is 0 Å². The molecule has 26 heavy (non-hydrogen) atoms. The van der Waals surface area contributed by atoms with Crippen LogP contribution in [0, 0.1) is 12.8 Å². The van der Waals surface area contributed by atoms with E-state index in [0.717, 1.165) is 25.8 Å². The number of rotatable bonds is 5. The molecule has 2 amide bonds. The second kappa shape index (κ2) is 6.81. The number of hydrogen-bond acceptors (Lipinski definition) is 7. The van der Waals surface area contributed by atoms with Gasteiger partial charge >= 0.3 is 0 Å². The van der Waals surface area contributed by atoms with Gasteiger partial charge in [0.1, 0.15) is 6.33 Å². The molecular weight excluding hydrogens is 338 g/mol. The Morgan fingerprint density at radius 1 is 1.35 bits per heavy atom. The summed E-state index contributed by atoms with van der Waals surface area (Å²) in [7, 11) is 0. The standard InChI is InChI=1S/C15H21N9O2/c1-9-14(19-21-18-9)15(26)17-11-6-10-2-3-12(11)24(7-10)13(25)4-5-23-8-16-20-22-23/h8,10-12H,2-7H2,1H3,(H,17,26)(H,18,19,21). The number of H-pyrrole nitrogens is 1. The number of aromatic nitrogens is 7. The molecule has 138 valence electrons. The first kappa shape index (κ1) is 16.6. The Balaban J connectivity index is 1.41. The predicted molar refractivity (Wildman–Crippen MR) is 87.6 cm³/mol. The molecule has 0 radical (unpaired) electrons. The summed E-state index contributed by atoms with van der Waals surface area (Å²) >= 11 is 0. The van der Waals surface area contributed by atoms with Gasteiger partial charge in [-0.05, 0) is 42.5 Å². The molecule has 3 atom stereocenters. The number of tetrazole rings is 1. The number of aromatic amines is 1. The summed E-state index contributed by atoms with van der Waals surface area (Å²) in [6, 6.07) is -0.0272. The van der Waals surface area contributed by atoms with Gasteiger partial charge in [-0.2, -0.15) is 15.4 Å². The summed E-state index contributed by atoms with van der Waals surface area (Å²) in [5, 5.41) is 24.2. The Kier molecular flexibility index (Phi) is 4.35.